The first-order valence-electron chi connectivity index (χ1n) is 11.4. The zero-order chi connectivity index (χ0) is 23.7. The van der Waals surface area contributed by atoms with Crippen LogP contribution in [0.15, 0.2) is 82.1 Å². The van der Waals surface area contributed by atoms with Crippen LogP contribution in [-0.4, -0.2) is 49.1 Å². The summed E-state index contributed by atoms with van der Waals surface area (Å²) in [6.45, 7) is 1.14. The maximum atomic E-state index is 12.8. The molecule has 0 aliphatic carbocycles. The SMILES string of the molecule is CS(=O)(=O)c1ccc(C2=C(CNC(=O)c3cccnc3)[C@H]3CC[C@@H](C2)N3Cc2ccco2)cc1. The molecule has 4 heterocycles. The number of rotatable bonds is 7. The van der Waals surface area contributed by atoms with Crippen LogP contribution < -0.4 is 5.32 Å². The van der Waals surface area contributed by atoms with E-state index in [-0.39, 0.29) is 11.9 Å². The topological polar surface area (TPSA) is 92.5 Å². The van der Waals surface area contributed by atoms with E-state index in [9.17, 15) is 13.2 Å². The number of carbonyl (C=O) groups excluding carboxylic acids is 1. The van der Waals surface area contributed by atoms with E-state index < -0.39 is 9.84 Å². The molecule has 8 heteroatoms. The number of benzene rings is 1. The van der Waals surface area contributed by atoms with Gasteiger partial charge in [-0.25, -0.2) is 8.42 Å². The zero-order valence-corrected chi connectivity index (χ0v) is 19.8. The molecule has 176 valence electrons. The summed E-state index contributed by atoms with van der Waals surface area (Å²) in [5, 5.41) is 3.08. The van der Waals surface area contributed by atoms with E-state index in [1.165, 1.54) is 17.4 Å². The van der Waals surface area contributed by atoms with Crippen molar-refractivity contribution >= 4 is 21.3 Å². The molecule has 2 aromatic heterocycles. The number of furan rings is 1. The Morgan fingerprint density at radius 3 is 2.65 bits per heavy atom. The molecule has 2 aliphatic rings. The highest BCUT2D eigenvalue weighted by Gasteiger charge is 2.41. The van der Waals surface area contributed by atoms with Crippen LogP contribution in [0.1, 0.15) is 40.9 Å². The van der Waals surface area contributed by atoms with Gasteiger partial charge < -0.3 is 9.73 Å². The second-order valence-electron chi connectivity index (χ2n) is 8.93. The van der Waals surface area contributed by atoms with Crippen LogP contribution in [0.2, 0.25) is 0 Å². The number of nitrogens with one attached hydrogen (secondary N) is 1. The minimum atomic E-state index is -3.26. The maximum absolute atomic E-state index is 12.8. The average Bonchev–Trinajstić information content (AvgIpc) is 3.45. The molecule has 34 heavy (non-hydrogen) atoms. The zero-order valence-electron chi connectivity index (χ0n) is 19.0. The summed E-state index contributed by atoms with van der Waals surface area (Å²) in [6, 6.07) is 15.1. The summed E-state index contributed by atoms with van der Waals surface area (Å²) in [5.74, 6) is 0.765. The minimum Gasteiger partial charge on any atom is -0.468 e. The van der Waals surface area contributed by atoms with Crippen molar-refractivity contribution in [2.24, 2.45) is 0 Å². The van der Waals surface area contributed by atoms with E-state index in [1.54, 1.807) is 42.9 Å². The van der Waals surface area contributed by atoms with Crippen LogP contribution in [0.25, 0.3) is 5.57 Å². The van der Waals surface area contributed by atoms with Crippen molar-refractivity contribution in [2.75, 3.05) is 12.8 Å². The van der Waals surface area contributed by atoms with Crippen molar-refractivity contribution in [1.82, 2.24) is 15.2 Å². The van der Waals surface area contributed by atoms with E-state index in [1.807, 2.05) is 24.3 Å². The second kappa shape index (κ2) is 9.19. The predicted octanol–water partition coefficient (Wildman–Crippen LogP) is 3.70. The molecule has 3 aromatic rings. The monoisotopic (exact) mass is 477 g/mol. The Kier molecular flexibility index (Phi) is 6.10. The number of fused-ring (bicyclic) bond motifs is 2. The first kappa shape index (κ1) is 22.6. The summed E-state index contributed by atoms with van der Waals surface area (Å²) in [6.07, 6.45) is 9.03. The Balaban J connectivity index is 1.47. The van der Waals surface area contributed by atoms with Gasteiger partial charge in [-0.15, -0.1) is 0 Å². The third-order valence-electron chi connectivity index (χ3n) is 6.78. The van der Waals surface area contributed by atoms with Crippen LogP contribution in [-0.2, 0) is 16.4 Å². The van der Waals surface area contributed by atoms with E-state index in [4.69, 9.17) is 4.42 Å². The summed E-state index contributed by atoms with van der Waals surface area (Å²) in [7, 11) is -3.26. The summed E-state index contributed by atoms with van der Waals surface area (Å²) in [5.41, 5.74) is 3.89. The van der Waals surface area contributed by atoms with Gasteiger partial charge in [-0.1, -0.05) is 12.1 Å². The van der Waals surface area contributed by atoms with Crippen molar-refractivity contribution in [3.8, 4) is 0 Å². The maximum Gasteiger partial charge on any atom is 0.253 e. The van der Waals surface area contributed by atoms with Crippen LogP contribution in [0.3, 0.4) is 0 Å². The fourth-order valence-corrected chi connectivity index (χ4v) is 5.76. The molecule has 0 radical (unpaired) electrons. The number of aromatic nitrogens is 1. The van der Waals surface area contributed by atoms with E-state index in [0.29, 0.717) is 23.0 Å². The Bertz CT molecular complexity index is 1300. The Morgan fingerprint density at radius 1 is 1.15 bits per heavy atom. The molecule has 2 aliphatic heterocycles. The molecule has 2 bridgehead atoms. The average molecular weight is 478 g/mol. The van der Waals surface area contributed by atoms with E-state index >= 15 is 0 Å². The molecule has 1 aromatic carbocycles. The van der Waals surface area contributed by atoms with Gasteiger partial charge in [0.25, 0.3) is 5.91 Å². The fourth-order valence-electron chi connectivity index (χ4n) is 5.13. The lowest BCUT2D eigenvalue weighted by Crippen LogP contribution is -2.43. The Hall–Kier alpha value is -3.23. The van der Waals surface area contributed by atoms with Gasteiger partial charge in [-0.05, 0) is 72.4 Å². The molecular formula is C26H27N3O4S. The first-order valence-corrected chi connectivity index (χ1v) is 13.3. The first-order chi connectivity index (χ1) is 16.4. The number of hydrogen-bond donors (Lipinski definition) is 1. The quantitative estimate of drug-likeness (QED) is 0.558. The second-order valence-corrected chi connectivity index (χ2v) is 10.9. The number of amides is 1. The third-order valence-corrected chi connectivity index (χ3v) is 7.91. The van der Waals surface area contributed by atoms with Gasteiger partial charge in [0.15, 0.2) is 9.84 Å². The van der Waals surface area contributed by atoms with E-state index in [2.05, 4.69) is 15.2 Å². The summed E-state index contributed by atoms with van der Waals surface area (Å²) >= 11 is 0. The van der Waals surface area contributed by atoms with Crippen molar-refractivity contribution in [3.05, 3.63) is 89.6 Å². The molecule has 0 spiro atoms. The van der Waals surface area contributed by atoms with Crippen molar-refractivity contribution in [1.29, 1.82) is 0 Å². The number of pyridine rings is 1. The summed E-state index contributed by atoms with van der Waals surface area (Å²) < 4.78 is 29.5. The van der Waals surface area contributed by atoms with Crippen LogP contribution in [0.4, 0.5) is 0 Å². The predicted molar refractivity (Wildman–Crippen MR) is 129 cm³/mol. The van der Waals surface area contributed by atoms with Gasteiger partial charge in [-0.3, -0.25) is 14.7 Å². The van der Waals surface area contributed by atoms with Gasteiger partial charge in [0.05, 0.1) is 23.3 Å². The number of carbonyl (C=O) groups is 1. The molecule has 5 rings (SSSR count). The lowest BCUT2D eigenvalue weighted by molar-refractivity contribution is 0.0953. The van der Waals surface area contributed by atoms with E-state index in [0.717, 1.165) is 37.1 Å². The highest BCUT2D eigenvalue weighted by Crippen LogP contribution is 2.43. The third kappa shape index (κ3) is 4.56. The van der Waals surface area contributed by atoms with Gasteiger partial charge in [0.2, 0.25) is 0 Å². The van der Waals surface area contributed by atoms with Crippen LogP contribution in [0.5, 0.6) is 0 Å². The molecule has 1 amide bonds. The lowest BCUT2D eigenvalue weighted by Gasteiger charge is -2.38. The highest BCUT2D eigenvalue weighted by molar-refractivity contribution is 7.90. The molecule has 1 N–H and O–H groups in total. The van der Waals surface area contributed by atoms with Crippen LogP contribution in [0, 0.1) is 0 Å². The van der Waals surface area contributed by atoms with Gasteiger partial charge in [0, 0.05) is 37.3 Å². The van der Waals surface area contributed by atoms with Crippen molar-refractivity contribution < 1.29 is 17.6 Å². The molecule has 2 atom stereocenters. The number of sulfone groups is 1. The number of hydrogen-bond acceptors (Lipinski definition) is 6. The molecule has 1 saturated heterocycles. The van der Waals surface area contributed by atoms with Gasteiger partial charge >= 0.3 is 0 Å². The Morgan fingerprint density at radius 2 is 1.97 bits per heavy atom. The standard InChI is InChI=1S/C26H27N3O4S/c1-34(31,32)22-9-6-18(7-10-22)23-14-20-8-11-25(29(20)17-21-5-3-13-33-21)24(23)16-28-26(30)19-4-2-12-27-15-19/h2-7,9-10,12-13,15,20,25H,8,11,14,16-17H2,1H3,(H,28,30)/t20-,25+/m0/s1. The molecular weight excluding hydrogens is 450 g/mol. The molecule has 0 unspecified atom stereocenters. The largest absolute Gasteiger partial charge is 0.468 e. The molecule has 0 saturated carbocycles. The number of nitrogens with zero attached hydrogens (tertiary/aromatic N) is 2. The van der Waals surface area contributed by atoms with Crippen molar-refractivity contribution in [3.63, 3.8) is 0 Å². The van der Waals surface area contributed by atoms with Crippen molar-refractivity contribution in [2.45, 2.75) is 42.8 Å². The van der Waals surface area contributed by atoms with Gasteiger partial charge in [0.1, 0.15) is 5.76 Å². The minimum absolute atomic E-state index is 0.162. The highest BCUT2D eigenvalue weighted by atomic mass is 32.2. The normalized spacial score (nSPS) is 20.5. The molecule has 1 fully saturated rings. The van der Waals surface area contributed by atoms with Gasteiger partial charge in [-0.2, -0.15) is 0 Å². The Labute approximate surface area is 199 Å². The van der Waals surface area contributed by atoms with Crippen LogP contribution >= 0.6 is 0 Å². The fraction of sp³-hybridized carbons (Fsp3) is 0.308. The molecule has 7 nitrogen and oxygen atoms in total. The smallest absolute Gasteiger partial charge is 0.253 e. The summed E-state index contributed by atoms with van der Waals surface area (Å²) in [4.78, 5) is 19.6. The lowest BCUT2D eigenvalue weighted by atomic mass is 9.88.